The Labute approximate surface area is 146 Å². The maximum absolute atomic E-state index is 6.17. The van der Waals surface area contributed by atoms with E-state index in [0.717, 1.165) is 43.5 Å². The molecule has 132 valence electrons. The van der Waals surface area contributed by atoms with Crippen molar-refractivity contribution in [3.63, 3.8) is 0 Å². The molecule has 5 nitrogen and oxygen atoms in total. The first-order valence-corrected chi connectivity index (χ1v) is 9.47. The molecule has 0 radical (unpaired) electrons. The Morgan fingerprint density at radius 2 is 1.83 bits per heavy atom. The second kappa shape index (κ2) is 8.36. The third-order valence-electron chi connectivity index (χ3n) is 5.27. The van der Waals surface area contributed by atoms with Gasteiger partial charge in [0.2, 0.25) is 0 Å². The van der Waals surface area contributed by atoms with Gasteiger partial charge in [-0.1, -0.05) is 25.8 Å². The van der Waals surface area contributed by atoms with Crippen LogP contribution in [0, 0.1) is 5.92 Å². The Kier molecular flexibility index (Phi) is 5.94. The molecule has 2 aliphatic heterocycles. The first-order valence-electron chi connectivity index (χ1n) is 9.47. The Morgan fingerprint density at radius 3 is 2.46 bits per heavy atom. The van der Waals surface area contributed by atoms with Gasteiger partial charge in [-0.3, -0.25) is 0 Å². The van der Waals surface area contributed by atoms with Crippen molar-refractivity contribution >= 4 is 11.8 Å². The number of guanidine groups is 1. The number of piperidine rings is 1. The third-order valence-corrected chi connectivity index (χ3v) is 5.27. The summed E-state index contributed by atoms with van der Waals surface area (Å²) >= 11 is 0. The van der Waals surface area contributed by atoms with Crippen LogP contribution in [0.25, 0.3) is 0 Å². The summed E-state index contributed by atoms with van der Waals surface area (Å²) in [6.07, 6.45) is 9.55. The van der Waals surface area contributed by atoms with Crippen molar-refractivity contribution in [2.75, 3.05) is 31.1 Å². The fourth-order valence-electron chi connectivity index (χ4n) is 3.51. The first kappa shape index (κ1) is 17.1. The zero-order valence-electron chi connectivity index (χ0n) is 15.0. The smallest absolute Gasteiger partial charge is 0.191 e. The number of nitrogens with two attached hydrogens (primary N) is 1. The normalized spacial score (nSPS) is 21.0. The number of nitrogens with zero attached hydrogens (tertiary/aromatic N) is 4. The summed E-state index contributed by atoms with van der Waals surface area (Å²) in [7, 11) is 0. The van der Waals surface area contributed by atoms with Crippen molar-refractivity contribution in [2.45, 2.75) is 52.0 Å². The van der Waals surface area contributed by atoms with E-state index in [4.69, 9.17) is 5.73 Å². The van der Waals surface area contributed by atoms with Gasteiger partial charge in [0.05, 0.1) is 6.54 Å². The van der Waals surface area contributed by atoms with Gasteiger partial charge >= 0.3 is 0 Å². The first-order chi connectivity index (χ1) is 11.7. The van der Waals surface area contributed by atoms with Gasteiger partial charge in [-0.25, -0.2) is 9.98 Å². The number of rotatable bonds is 3. The van der Waals surface area contributed by atoms with E-state index in [0.29, 0.717) is 12.5 Å². The molecular weight excluding hydrogens is 298 g/mol. The molecule has 5 heteroatoms. The van der Waals surface area contributed by atoms with Crippen LogP contribution in [0.15, 0.2) is 23.3 Å². The zero-order valence-corrected chi connectivity index (χ0v) is 15.0. The van der Waals surface area contributed by atoms with Crippen molar-refractivity contribution < 1.29 is 0 Å². The molecule has 2 N–H and O–H groups in total. The highest BCUT2D eigenvalue weighted by Crippen LogP contribution is 2.21. The van der Waals surface area contributed by atoms with Crippen molar-refractivity contribution in [1.82, 2.24) is 9.88 Å². The van der Waals surface area contributed by atoms with Crippen LogP contribution in [0.5, 0.6) is 0 Å². The molecule has 0 aromatic carbocycles. The van der Waals surface area contributed by atoms with Crippen LogP contribution in [0.1, 0.15) is 51.0 Å². The molecule has 0 unspecified atom stereocenters. The number of hydrogen-bond acceptors (Lipinski definition) is 3. The lowest BCUT2D eigenvalue weighted by Gasteiger charge is -2.31. The Bertz CT molecular complexity index is 523. The summed E-state index contributed by atoms with van der Waals surface area (Å²) in [4.78, 5) is 13.8. The molecule has 0 bridgehead atoms. The number of hydrogen-bond donors (Lipinski definition) is 1. The van der Waals surface area contributed by atoms with Crippen molar-refractivity contribution in [3.05, 3.63) is 23.9 Å². The average Bonchev–Trinajstić information content (AvgIpc) is 2.90. The summed E-state index contributed by atoms with van der Waals surface area (Å²) in [5.74, 6) is 2.62. The molecule has 0 aliphatic carbocycles. The summed E-state index contributed by atoms with van der Waals surface area (Å²) in [6.45, 7) is 7.27. The molecule has 3 heterocycles. The molecule has 0 saturated carbocycles. The van der Waals surface area contributed by atoms with E-state index in [9.17, 15) is 0 Å². The molecular formula is C19H31N5. The molecule has 3 rings (SSSR count). The summed E-state index contributed by atoms with van der Waals surface area (Å²) in [5.41, 5.74) is 7.30. The number of anilines is 1. The molecule has 0 amide bonds. The minimum absolute atomic E-state index is 0.618. The van der Waals surface area contributed by atoms with E-state index < -0.39 is 0 Å². The Morgan fingerprint density at radius 1 is 1.12 bits per heavy atom. The van der Waals surface area contributed by atoms with Gasteiger partial charge in [0.1, 0.15) is 5.82 Å². The van der Waals surface area contributed by atoms with E-state index in [1.165, 1.54) is 38.5 Å². The second-order valence-electron chi connectivity index (χ2n) is 7.27. The average molecular weight is 329 g/mol. The highest BCUT2D eigenvalue weighted by Gasteiger charge is 2.16. The standard InChI is InChI=1S/C19H31N5/c1-16-8-12-23(13-9-16)18-7-6-17(14-21-18)15-22-19(20)24-10-4-2-3-5-11-24/h6-7,14,16H,2-5,8-13,15H2,1H3,(H2,20,22). The van der Waals surface area contributed by atoms with Gasteiger partial charge in [0.15, 0.2) is 5.96 Å². The lowest BCUT2D eigenvalue weighted by atomic mass is 9.99. The van der Waals surface area contributed by atoms with E-state index in [-0.39, 0.29) is 0 Å². The maximum atomic E-state index is 6.17. The second-order valence-corrected chi connectivity index (χ2v) is 7.27. The van der Waals surface area contributed by atoms with E-state index in [2.05, 4.69) is 38.8 Å². The summed E-state index contributed by atoms with van der Waals surface area (Å²) in [6, 6.07) is 4.27. The molecule has 2 saturated heterocycles. The fraction of sp³-hybridized carbons (Fsp3) is 0.684. The molecule has 0 spiro atoms. The largest absolute Gasteiger partial charge is 0.370 e. The van der Waals surface area contributed by atoms with Crippen LogP contribution in [0.3, 0.4) is 0 Å². The van der Waals surface area contributed by atoms with E-state index in [1.54, 1.807) is 0 Å². The van der Waals surface area contributed by atoms with Gasteiger partial charge in [-0.05, 0) is 43.2 Å². The topological polar surface area (TPSA) is 57.8 Å². The number of likely N-dealkylation sites (tertiary alicyclic amines) is 1. The van der Waals surface area contributed by atoms with Gasteiger partial charge < -0.3 is 15.5 Å². The van der Waals surface area contributed by atoms with Crippen LogP contribution in [-0.4, -0.2) is 42.0 Å². The predicted octanol–water partition coefficient (Wildman–Crippen LogP) is 3.01. The third kappa shape index (κ3) is 4.62. The van der Waals surface area contributed by atoms with Crippen molar-refractivity contribution in [2.24, 2.45) is 16.6 Å². The fourth-order valence-corrected chi connectivity index (χ4v) is 3.51. The van der Waals surface area contributed by atoms with Gasteiger partial charge in [0.25, 0.3) is 0 Å². The Balaban J connectivity index is 1.54. The van der Waals surface area contributed by atoms with Gasteiger partial charge in [0, 0.05) is 32.4 Å². The minimum Gasteiger partial charge on any atom is -0.370 e. The SMILES string of the molecule is CC1CCN(c2ccc(CN=C(N)N3CCCCCC3)cn2)CC1. The number of pyridine rings is 1. The van der Waals surface area contributed by atoms with Crippen LogP contribution < -0.4 is 10.6 Å². The maximum Gasteiger partial charge on any atom is 0.191 e. The van der Waals surface area contributed by atoms with Crippen LogP contribution in [-0.2, 0) is 6.54 Å². The molecule has 24 heavy (non-hydrogen) atoms. The zero-order chi connectivity index (χ0) is 16.8. The summed E-state index contributed by atoms with van der Waals surface area (Å²) < 4.78 is 0. The van der Waals surface area contributed by atoms with Crippen molar-refractivity contribution in [3.8, 4) is 0 Å². The van der Waals surface area contributed by atoms with Gasteiger partial charge in [-0.15, -0.1) is 0 Å². The molecule has 2 aliphatic rings. The van der Waals surface area contributed by atoms with Gasteiger partial charge in [-0.2, -0.15) is 0 Å². The molecule has 1 aromatic heterocycles. The Hall–Kier alpha value is -1.78. The molecule has 1 aromatic rings. The van der Waals surface area contributed by atoms with Crippen LogP contribution in [0.4, 0.5) is 5.82 Å². The lowest BCUT2D eigenvalue weighted by Crippen LogP contribution is -2.38. The summed E-state index contributed by atoms with van der Waals surface area (Å²) in [5, 5.41) is 0. The number of aromatic nitrogens is 1. The molecule has 2 fully saturated rings. The van der Waals surface area contributed by atoms with Crippen molar-refractivity contribution in [1.29, 1.82) is 0 Å². The van der Waals surface area contributed by atoms with Crippen LogP contribution in [0.2, 0.25) is 0 Å². The predicted molar refractivity (Wildman–Crippen MR) is 100 cm³/mol. The van der Waals surface area contributed by atoms with Crippen LogP contribution >= 0.6 is 0 Å². The monoisotopic (exact) mass is 329 g/mol. The minimum atomic E-state index is 0.618. The number of aliphatic imine (C=N–C) groups is 1. The van der Waals surface area contributed by atoms with E-state index >= 15 is 0 Å². The molecule has 0 atom stereocenters. The quantitative estimate of drug-likeness (QED) is 0.684. The van der Waals surface area contributed by atoms with E-state index in [1.807, 2.05) is 6.20 Å². The highest BCUT2D eigenvalue weighted by atomic mass is 15.2. The highest BCUT2D eigenvalue weighted by molar-refractivity contribution is 5.78. The lowest BCUT2D eigenvalue weighted by molar-refractivity contribution is 0.428.